The van der Waals surface area contributed by atoms with Gasteiger partial charge in [0.25, 0.3) is 0 Å². The van der Waals surface area contributed by atoms with Crippen LogP contribution in [0.1, 0.15) is 25.0 Å². The predicted octanol–water partition coefficient (Wildman–Crippen LogP) is 2.65. The molecule has 0 radical (unpaired) electrons. The average Bonchev–Trinajstić information content (AvgIpc) is 2.60. The molecule has 0 aliphatic carbocycles. The van der Waals surface area contributed by atoms with Crippen LogP contribution in [0.5, 0.6) is 0 Å². The Hall–Kier alpha value is -2.85. The zero-order valence-electron chi connectivity index (χ0n) is 14.6. The van der Waals surface area contributed by atoms with E-state index in [1.165, 1.54) is 11.2 Å². The van der Waals surface area contributed by atoms with Crippen molar-refractivity contribution in [2.24, 2.45) is 0 Å². The molecule has 0 spiro atoms. The fourth-order valence-electron chi connectivity index (χ4n) is 3.30. The van der Waals surface area contributed by atoms with Crippen LogP contribution in [-0.4, -0.2) is 26.9 Å². The molecule has 6 nitrogen and oxygen atoms in total. The van der Waals surface area contributed by atoms with E-state index in [1.54, 1.807) is 53.4 Å². The third-order valence-electron chi connectivity index (χ3n) is 4.36. The summed E-state index contributed by atoms with van der Waals surface area (Å²) >= 11 is 0. The number of rotatable bonds is 3. The third-order valence-corrected chi connectivity index (χ3v) is 6.08. The number of hydrogen-bond donors (Lipinski definition) is 0. The van der Waals surface area contributed by atoms with Crippen molar-refractivity contribution in [3.05, 3.63) is 59.7 Å². The molecular weight excluding hydrogens is 350 g/mol. The monoisotopic (exact) mass is 369 g/mol. The summed E-state index contributed by atoms with van der Waals surface area (Å²) in [5.41, 5.74) is 2.07. The second-order valence-electron chi connectivity index (χ2n) is 6.33. The summed E-state index contributed by atoms with van der Waals surface area (Å²) in [6.45, 7) is 3.50. The van der Waals surface area contributed by atoms with E-state index in [2.05, 4.69) is 0 Å². The first kappa shape index (κ1) is 18.0. The maximum Gasteiger partial charge on any atom is 0.239 e. The number of anilines is 2. The first-order valence-electron chi connectivity index (χ1n) is 8.22. The maximum atomic E-state index is 13.1. The van der Waals surface area contributed by atoms with Crippen LogP contribution in [0.15, 0.2) is 48.5 Å². The van der Waals surface area contributed by atoms with E-state index in [9.17, 15) is 13.2 Å². The van der Waals surface area contributed by atoms with E-state index in [1.807, 2.05) is 13.0 Å². The number of nitriles is 1. The molecule has 1 amide bonds. The van der Waals surface area contributed by atoms with Gasteiger partial charge in [0.2, 0.25) is 15.9 Å². The molecule has 0 fully saturated rings. The van der Waals surface area contributed by atoms with Gasteiger partial charge < -0.3 is 4.90 Å². The van der Waals surface area contributed by atoms with Gasteiger partial charge in [-0.3, -0.25) is 9.10 Å². The summed E-state index contributed by atoms with van der Waals surface area (Å²) < 4.78 is 27.5. The summed E-state index contributed by atoms with van der Waals surface area (Å²) in [7, 11) is -3.67. The van der Waals surface area contributed by atoms with E-state index in [-0.39, 0.29) is 24.2 Å². The molecule has 0 saturated heterocycles. The van der Waals surface area contributed by atoms with Crippen LogP contribution >= 0.6 is 0 Å². The number of carbonyl (C=O) groups is 1. The molecular formula is C19H19N3O3S. The van der Waals surface area contributed by atoms with Crippen molar-refractivity contribution < 1.29 is 13.2 Å². The minimum absolute atomic E-state index is 0.122. The van der Waals surface area contributed by atoms with E-state index < -0.39 is 10.0 Å². The van der Waals surface area contributed by atoms with Crippen LogP contribution in [0.2, 0.25) is 0 Å². The first-order valence-corrected chi connectivity index (χ1v) is 9.82. The number of fused-ring (bicyclic) bond motifs is 1. The second-order valence-corrected chi connectivity index (χ2v) is 8.22. The molecule has 1 heterocycles. The topological polar surface area (TPSA) is 81.5 Å². The van der Waals surface area contributed by atoms with Crippen LogP contribution < -0.4 is 9.21 Å². The van der Waals surface area contributed by atoms with E-state index in [0.717, 1.165) is 0 Å². The Kier molecular flexibility index (Phi) is 4.70. The SMILES string of the molecule is CC(=O)N1c2ccccc2N(S(=O)(=O)Cc2cccc(C#N)c2)CC1C. The molecule has 0 aromatic heterocycles. The summed E-state index contributed by atoms with van der Waals surface area (Å²) in [6, 6.07) is 15.3. The summed E-state index contributed by atoms with van der Waals surface area (Å²) in [6.07, 6.45) is 0. The molecule has 2 aromatic carbocycles. The molecule has 0 bridgehead atoms. The number of sulfonamides is 1. The lowest BCUT2D eigenvalue weighted by Gasteiger charge is -2.41. The van der Waals surface area contributed by atoms with Crippen LogP contribution in [0, 0.1) is 11.3 Å². The lowest BCUT2D eigenvalue weighted by Crippen LogP contribution is -2.51. The zero-order valence-corrected chi connectivity index (χ0v) is 15.4. The van der Waals surface area contributed by atoms with Gasteiger partial charge in [-0.05, 0) is 36.8 Å². The highest BCUT2D eigenvalue weighted by Gasteiger charge is 2.35. The smallest absolute Gasteiger partial charge is 0.239 e. The largest absolute Gasteiger partial charge is 0.306 e. The van der Waals surface area contributed by atoms with Crippen LogP contribution in [-0.2, 0) is 20.6 Å². The first-order chi connectivity index (χ1) is 12.3. The lowest BCUT2D eigenvalue weighted by atomic mass is 10.1. The van der Waals surface area contributed by atoms with Gasteiger partial charge in [0.15, 0.2) is 0 Å². The van der Waals surface area contributed by atoms with E-state index >= 15 is 0 Å². The average molecular weight is 369 g/mol. The molecule has 1 unspecified atom stereocenters. The Labute approximate surface area is 153 Å². The molecule has 1 atom stereocenters. The van der Waals surface area contributed by atoms with Crippen molar-refractivity contribution in [2.45, 2.75) is 25.6 Å². The van der Waals surface area contributed by atoms with Gasteiger partial charge in [-0.25, -0.2) is 8.42 Å². The number of benzene rings is 2. The normalized spacial score (nSPS) is 16.7. The van der Waals surface area contributed by atoms with Crippen LogP contribution in [0.4, 0.5) is 11.4 Å². The molecule has 1 aliphatic heterocycles. The highest BCUT2D eigenvalue weighted by Crippen LogP contribution is 2.37. The molecule has 7 heteroatoms. The summed E-state index contributed by atoms with van der Waals surface area (Å²) in [5, 5.41) is 9.01. The van der Waals surface area contributed by atoms with Gasteiger partial charge in [0.05, 0.1) is 41.3 Å². The fraction of sp³-hybridized carbons (Fsp3) is 0.263. The van der Waals surface area contributed by atoms with Crippen molar-refractivity contribution in [2.75, 3.05) is 15.7 Å². The second kappa shape index (κ2) is 6.81. The van der Waals surface area contributed by atoms with Crippen LogP contribution in [0.3, 0.4) is 0 Å². The predicted molar refractivity (Wildman–Crippen MR) is 100 cm³/mol. The Morgan fingerprint density at radius 2 is 1.88 bits per heavy atom. The van der Waals surface area contributed by atoms with Gasteiger partial charge in [0, 0.05) is 6.92 Å². The minimum Gasteiger partial charge on any atom is -0.306 e. The van der Waals surface area contributed by atoms with E-state index in [0.29, 0.717) is 22.5 Å². The Morgan fingerprint density at radius 1 is 1.19 bits per heavy atom. The minimum atomic E-state index is -3.67. The number of amides is 1. The number of para-hydroxylation sites is 2. The van der Waals surface area contributed by atoms with Crippen molar-refractivity contribution in [3.63, 3.8) is 0 Å². The molecule has 0 N–H and O–H groups in total. The molecule has 3 rings (SSSR count). The van der Waals surface area contributed by atoms with Crippen molar-refractivity contribution in [1.29, 1.82) is 5.26 Å². The highest BCUT2D eigenvalue weighted by molar-refractivity contribution is 7.92. The van der Waals surface area contributed by atoms with Crippen molar-refractivity contribution in [1.82, 2.24) is 0 Å². The third kappa shape index (κ3) is 3.28. The molecule has 26 heavy (non-hydrogen) atoms. The van der Waals surface area contributed by atoms with Crippen molar-refractivity contribution >= 4 is 27.3 Å². The quantitative estimate of drug-likeness (QED) is 0.833. The van der Waals surface area contributed by atoms with Gasteiger partial charge >= 0.3 is 0 Å². The van der Waals surface area contributed by atoms with Gasteiger partial charge in [-0.2, -0.15) is 5.26 Å². The fourth-order valence-corrected chi connectivity index (χ4v) is 4.95. The maximum absolute atomic E-state index is 13.1. The molecule has 1 aliphatic rings. The Morgan fingerprint density at radius 3 is 2.54 bits per heavy atom. The number of nitrogens with zero attached hydrogens (tertiary/aromatic N) is 3. The number of hydrogen-bond acceptors (Lipinski definition) is 4. The summed E-state index contributed by atoms with van der Waals surface area (Å²) in [4.78, 5) is 13.6. The Bertz CT molecular complexity index is 995. The lowest BCUT2D eigenvalue weighted by molar-refractivity contribution is -0.117. The zero-order chi connectivity index (χ0) is 18.9. The molecule has 0 saturated carbocycles. The Balaban J connectivity index is 2.01. The van der Waals surface area contributed by atoms with Crippen molar-refractivity contribution in [3.8, 4) is 6.07 Å². The standard InChI is InChI=1S/C19H19N3O3S/c1-14-12-21(18-8-3-4-9-19(18)22(14)15(2)23)26(24,25)13-17-7-5-6-16(10-17)11-20/h3-10,14H,12-13H2,1-2H3. The van der Waals surface area contributed by atoms with E-state index in [4.69, 9.17) is 5.26 Å². The molecule has 134 valence electrons. The summed E-state index contributed by atoms with van der Waals surface area (Å²) in [5.74, 6) is -0.326. The van der Waals surface area contributed by atoms with Gasteiger partial charge in [-0.15, -0.1) is 0 Å². The van der Waals surface area contributed by atoms with Crippen LogP contribution in [0.25, 0.3) is 0 Å². The van der Waals surface area contributed by atoms with Gasteiger partial charge in [0.1, 0.15) is 0 Å². The molecule has 2 aromatic rings. The number of carbonyl (C=O) groups excluding carboxylic acids is 1. The highest BCUT2D eigenvalue weighted by atomic mass is 32.2. The van der Waals surface area contributed by atoms with Gasteiger partial charge in [-0.1, -0.05) is 24.3 Å².